The van der Waals surface area contributed by atoms with Crippen molar-refractivity contribution in [3.8, 4) is 0 Å². The van der Waals surface area contributed by atoms with Crippen LogP contribution >= 0.6 is 0 Å². The number of carbonyl (C=O) groups is 1. The van der Waals surface area contributed by atoms with Crippen molar-refractivity contribution in [2.24, 2.45) is 5.41 Å². The van der Waals surface area contributed by atoms with Crippen LogP contribution in [0.2, 0.25) is 0 Å². The average molecular weight is 243 g/mol. The molecule has 0 bridgehead atoms. The van der Waals surface area contributed by atoms with Gasteiger partial charge in [0.2, 0.25) is 5.91 Å². The molecule has 1 amide bonds. The molecule has 100 valence electrons. The Morgan fingerprint density at radius 1 is 1.53 bits per heavy atom. The highest BCUT2D eigenvalue weighted by atomic mass is 16.5. The first kappa shape index (κ1) is 14.5. The zero-order chi connectivity index (χ0) is 12.7. The van der Waals surface area contributed by atoms with Crippen LogP contribution < -0.4 is 5.32 Å². The van der Waals surface area contributed by atoms with Gasteiger partial charge in [-0.2, -0.15) is 0 Å². The van der Waals surface area contributed by atoms with Crippen molar-refractivity contribution in [3.63, 3.8) is 0 Å². The first-order chi connectivity index (χ1) is 8.14. The molecule has 0 aromatic rings. The third-order valence-corrected chi connectivity index (χ3v) is 3.70. The minimum atomic E-state index is -0.413. The number of amides is 1. The normalized spacial score (nSPS) is 19.5. The van der Waals surface area contributed by atoms with Crippen molar-refractivity contribution in [2.75, 3.05) is 20.3 Å². The zero-order valence-electron chi connectivity index (χ0n) is 11.0. The van der Waals surface area contributed by atoms with Crippen LogP contribution in [0.1, 0.15) is 45.4 Å². The SMILES string of the molecule is CCCC(O)CNC(=O)C1(CCOC)CCC1. The number of rotatable bonds is 8. The quantitative estimate of drug-likeness (QED) is 0.678. The number of hydrogen-bond acceptors (Lipinski definition) is 3. The Morgan fingerprint density at radius 2 is 2.24 bits per heavy atom. The van der Waals surface area contributed by atoms with Crippen LogP contribution in [0.25, 0.3) is 0 Å². The van der Waals surface area contributed by atoms with E-state index < -0.39 is 6.10 Å². The van der Waals surface area contributed by atoms with Gasteiger partial charge in [-0.05, 0) is 25.7 Å². The van der Waals surface area contributed by atoms with Gasteiger partial charge in [0.25, 0.3) is 0 Å². The van der Waals surface area contributed by atoms with E-state index in [4.69, 9.17) is 4.74 Å². The molecule has 0 spiro atoms. The van der Waals surface area contributed by atoms with Crippen LogP contribution in [0.15, 0.2) is 0 Å². The molecule has 1 aliphatic rings. The molecule has 1 rings (SSSR count). The second kappa shape index (κ2) is 6.97. The highest BCUT2D eigenvalue weighted by molar-refractivity contribution is 5.83. The first-order valence-electron chi connectivity index (χ1n) is 6.60. The van der Waals surface area contributed by atoms with Crippen molar-refractivity contribution < 1.29 is 14.6 Å². The Bertz CT molecular complexity index is 239. The maximum Gasteiger partial charge on any atom is 0.226 e. The molecule has 2 N–H and O–H groups in total. The average Bonchev–Trinajstić information content (AvgIpc) is 2.25. The number of aliphatic hydroxyl groups excluding tert-OH is 1. The smallest absolute Gasteiger partial charge is 0.226 e. The van der Waals surface area contributed by atoms with Crippen LogP contribution in [0, 0.1) is 5.41 Å². The molecule has 0 heterocycles. The van der Waals surface area contributed by atoms with E-state index in [9.17, 15) is 9.90 Å². The molecule has 4 nitrogen and oxygen atoms in total. The fourth-order valence-corrected chi connectivity index (χ4v) is 2.32. The molecule has 1 unspecified atom stereocenters. The Labute approximate surface area is 104 Å². The van der Waals surface area contributed by atoms with Crippen LogP contribution in [-0.4, -0.2) is 37.4 Å². The molecule has 0 saturated heterocycles. The Morgan fingerprint density at radius 3 is 2.71 bits per heavy atom. The molecule has 1 fully saturated rings. The fraction of sp³-hybridized carbons (Fsp3) is 0.923. The highest BCUT2D eigenvalue weighted by Crippen LogP contribution is 2.44. The second-order valence-electron chi connectivity index (χ2n) is 5.03. The van der Waals surface area contributed by atoms with Gasteiger partial charge in [0, 0.05) is 20.3 Å². The predicted octanol–water partition coefficient (Wildman–Crippen LogP) is 1.47. The minimum absolute atomic E-state index is 0.0935. The molecule has 0 aromatic carbocycles. The lowest BCUT2D eigenvalue weighted by atomic mass is 9.66. The maximum absolute atomic E-state index is 12.1. The molecule has 0 aromatic heterocycles. The van der Waals surface area contributed by atoms with Crippen molar-refractivity contribution in [3.05, 3.63) is 0 Å². The summed E-state index contributed by atoms with van der Waals surface area (Å²) in [6.07, 6.45) is 5.08. The Kier molecular flexibility index (Phi) is 5.92. The minimum Gasteiger partial charge on any atom is -0.391 e. The van der Waals surface area contributed by atoms with E-state index in [1.165, 1.54) is 0 Å². The molecule has 1 atom stereocenters. The van der Waals surface area contributed by atoms with Gasteiger partial charge in [0.05, 0.1) is 11.5 Å². The molecule has 1 aliphatic carbocycles. The van der Waals surface area contributed by atoms with E-state index in [0.29, 0.717) is 13.2 Å². The summed E-state index contributed by atoms with van der Waals surface area (Å²) in [5.41, 5.74) is -0.220. The van der Waals surface area contributed by atoms with Crippen molar-refractivity contribution in [1.82, 2.24) is 5.32 Å². The highest BCUT2D eigenvalue weighted by Gasteiger charge is 2.43. The van der Waals surface area contributed by atoms with Crippen LogP contribution in [0.5, 0.6) is 0 Å². The summed E-state index contributed by atoms with van der Waals surface area (Å²) in [7, 11) is 1.66. The number of hydrogen-bond donors (Lipinski definition) is 2. The third kappa shape index (κ3) is 3.96. The first-order valence-corrected chi connectivity index (χ1v) is 6.60. The van der Waals surface area contributed by atoms with E-state index in [-0.39, 0.29) is 11.3 Å². The number of nitrogens with one attached hydrogen (secondary N) is 1. The molecule has 1 saturated carbocycles. The van der Waals surface area contributed by atoms with Crippen molar-refractivity contribution in [1.29, 1.82) is 0 Å². The lowest BCUT2D eigenvalue weighted by Gasteiger charge is -2.40. The standard InChI is InChI=1S/C13H25NO3/c1-3-5-11(15)10-14-12(16)13(6-4-7-13)8-9-17-2/h11,15H,3-10H2,1-2H3,(H,14,16). The van der Waals surface area contributed by atoms with Gasteiger partial charge in [0.15, 0.2) is 0 Å². The lowest BCUT2D eigenvalue weighted by molar-refractivity contribution is -0.138. The third-order valence-electron chi connectivity index (χ3n) is 3.70. The van der Waals surface area contributed by atoms with Gasteiger partial charge in [-0.25, -0.2) is 0 Å². The van der Waals surface area contributed by atoms with Crippen LogP contribution in [-0.2, 0) is 9.53 Å². The number of ether oxygens (including phenoxy) is 1. The topological polar surface area (TPSA) is 58.6 Å². The molecular formula is C13H25NO3. The summed E-state index contributed by atoms with van der Waals surface area (Å²) in [5.74, 6) is 0.0935. The van der Waals surface area contributed by atoms with Gasteiger partial charge in [-0.15, -0.1) is 0 Å². The molecule has 4 heteroatoms. The monoisotopic (exact) mass is 243 g/mol. The van der Waals surface area contributed by atoms with Gasteiger partial charge >= 0.3 is 0 Å². The summed E-state index contributed by atoms with van der Waals surface area (Å²) in [5, 5.41) is 12.5. The summed E-state index contributed by atoms with van der Waals surface area (Å²) in [4.78, 5) is 12.1. The van der Waals surface area contributed by atoms with Crippen molar-refractivity contribution >= 4 is 5.91 Å². The van der Waals surface area contributed by atoms with Gasteiger partial charge in [-0.1, -0.05) is 19.8 Å². The number of aliphatic hydroxyl groups is 1. The van der Waals surface area contributed by atoms with Gasteiger partial charge < -0.3 is 15.2 Å². The van der Waals surface area contributed by atoms with Gasteiger partial charge in [-0.3, -0.25) is 4.79 Å². The lowest BCUT2D eigenvalue weighted by Crippen LogP contribution is -2.48. The summed E-state index contributed by atoms with van der Waals surface area (Å²) < 4.78 is 5.06. The fourth-order valence-electron chi connectivity index (χ4n) is 2.32. The summed E-state index contributed by atoms with van der Waals surface area (Å²) >= 11 is 0. The maximum atomic E-state index is 12.1. The number of methoxy groups -OCH3 is 1. The Balaban J connectivity index is 2.34. The van der Waals surface area contributed by atoms with E-state index in [2.05, 4.69) is 5.32 Å². The molecule has 17 heavy (non-hydrogen) atoms. The van der Waals surface area contributed by atoms with E-state index in [1.807, 2.05) is 6.92 Å². The van der Waals surface area contributed by atoms with E-state index >= 15 is 0 Å². The molecule has 0 radical (unpaired) electrons. The van der Waals surface area contributed by atoms with E-state index in [1.54, 1.807) is 7.11 Å². The molecular weight excluding hydrogens is 218 g/mol. The summed E-state index contributed by atoms with van der Waals surface area (Å²) in [6.45, 7) is 3.03. The van der Waals surface area contributed by atoms with Gasteiger partial charge in [0.1, 0.15) is 0 Å². The van der Waals surface area contributed by atoms with Crippen LogP contribution in [0.4, 0.5) is 0 Å². The van der Waals surface area contributed by atoms with E-state index in [0.717, 1.165) is 38.5 Å². The summed E-state index contributed by atoms with van der Waals surface area (Å²) in [6, 6.07) is 0. The Hall–Kier alpha value is -0.610. The number of carbonyl (C=O) groups excluding carboxylic acids is 1. The molecule has 0 aliphatic heterocycles. The predicted molar refractivity (Wildman–Crippen MR) is 66.7 cm³/mol. The zero-order valence-corrected chi connectivity index (χ0v) is 11.0. The largest absolute Gasteiger partial charge is 0.391 e. The van der Waals surface area contributed by atoms with Crippen LogP contribution in [0.3, 0.4) is 0 Å². The second-order valence-corrected chi connectivity index (χ2v) is 5.03. The van der Waals surface area contributed by atoms with Crippen molar-refractivity contribution in [2.45, 2.75) is 51.6 Å².